The minimum Gasteiger partial charge on any atom is -0.497 e. The smallest absolute Gasteiger partial charge is 0.255 e. The number of aromatic nitrogens is 2. The Morgan fingerprint density at radius 3 is 2.90 bits per heavy atom. The highest BCUT2D eigenvalue weighted by Gasteiger charge is 2.30. The van der Waals surface area contributed by atoms with Crippen molar-refractivity contribution in [2.24, 2.45) is 0 Å². The molecule has 29 heavy (non-hydrogen) atoms. The number of hydrogen-bond acceptors (Lipinski definition) is 5. The van der Waals surface area contributed by atoms with E-state index >= 15 is 0 Å². The Balaban J connectivity index is 1.51. The van der Waals surface area contributed by atoms with Crippen LogP contribution < -0.4 is 4.74 Å². The summed E-state index contributed by atoms with van der Waals surface area (Å²) in [5, 5.41) is 4.96. The zero-order valence-corrected chi connectivity index (χ0v) is 17.3. The van der Waals surface area contributed by atoms with E-state index in [1.165, 1.54) is 0 Å². The molecular weight excluding hydrogens is 413 g/mol. The molecular formula is C21H19Cl2N3O3. The number of methoxy groups -OCH3 is 1. The molecule has 2 heterocycles. The highest BCUT2D eigenvalue weighted by atomic mass is 35.5. The van der Waals surface area contributed by atoms with Crippen LogP contribution in [0.25, 0.3) is 11.4 Å². The van der Waals surface area contributed by atoms with E-state index in [-0.39, 0.29) is 11.8 Å². The number of amides is 1. The molecule has 1 aliphatic heterocycles. The van der Waals surface area contributed by atoms with E-state index in [1.807, 2.05) is 24.3 Å². The van der Waals surface area contributed by atoms with Gasteiger partial charge in [0.25, 0.3) is 5.91 Å². The van der Waals surface area contributed by atoms with E-state index in [1.54, 1.807) is 30.2 Å². The van der Waals surface area contributed by atoms with Gasteiger partial charge >= 0.3 is 0 Å². The van der Waals surface area contributed by atoms with Crippen molar-refractivity contribution in [3.63, 3.8) is 0 Å². The number of halogens is 2. The number of piperidine rings is 1. The van der Waals surface area contributed by atoms with Crippen molar-refractivity contribution in [3.8, 4) is 17.1 Å². The molecule has 0 radical (unpaired) electrons. The maximum absolute atomic E-state index is 12.9. The van der Waals surface area contributed by atoms with Crippen molar-refractivity contribution in [1.29, 1.82) is 0 Å². The van der Waals surface area contributed by atoms with Gasteiger partial charge in [-0.05, 0) is 43.2 Å². The molecule has 1 aromatic heterocycles. The molecule has 6 nitrogen and oxygen atoms in total. The molecule has 1 fully saturated rings. The van der Waals surface area contributed by atoms with Gasteiger partial charge in [-0.25, -0.2) is 0 Å². The third-order valence-corrected chi connectivity index (χ3v) is 5.54. The predicted octanol–water partition coefficient (Wildman–Crippen LogP) is 5.07. The van der Waals surface area contributed by atoms with E-state index in [2.05, 4.69) is 10.1 Å². The number of likely N-dealkylation sites (tertiary alicyclic amines) is 1. The summed E-state index contributed by atoms with van der Waals surface area (Å²) in [7, 11) is 1.61. The molecule has 0 bridgehead atoms. The van der Waals surface area contributed by atoms with Gasteiger partial charge in [0, 0.05) is 23.7 Å². The Kier molecular flexibility index (Phi) is 5.74. The summed E-state index contributed by atoms with van der Waals surface area (Å²) in [5.41, 5.74) is 1.26. The van der Waals surface area contributed by atoms with E-state index in [0.29, 0.717) is 40.4 Å². The number of ether oxygens (including phenoxy) is 1. The molecule has 4 rings (SSSR count). The predicted molar refractivity (Wildman–Crippen MR) is 111 cm³/mol. The van der Waals surface area contributed by atoms with E-state index in [0.717, 1.165) is 24.2 Å². The van der Waals surface area contributed by atoms with Crippen molar-refractivity contribution >= 4 is 29.1 Å². The average molecular weight is 432 g/mol. The lowest BCUT2D eigenvalue weighted by atomic mass is 9.97. The zero-order chi connectivity index (χ0) is 20.4. The lowest BCUT2D eigenvalue weighted by molar-refractivity contribution is 0.0696. The summed E-state index contributed by atoms with van der Waals surface area (Å²) < 4.78 is 10.8. The van der Waals surface area contributed by atoms with Crippen LogP contribution in [-0.2, 0) is 0 Å². The van der Waals surface area contributed by atoms with Crippen LogP contribution in [0.5, 0.6) is 5.75 Å². The summed E-state index contributed by atoms with van der Waals surface area (Å²) >= 11 is 12.1. The Morgan fingerprint density at radius 2 is 2.10 bits per heavy atom. The fourth-order valence-electron chi connectivity index (χ4n) is 3.48. The lowest BCUT2D eigenvalue weighted by Gasteiger charge is -2.31. The van der Waals surface area contributed by atoms with Gasteiger partial charge in [0.05, 0.1) is 23.6 Å². The second-order valence-corrected chi connectivity index (χ2v) is 7.75. The number of carbonyl (C=O) groups is 1. The van der Waals surface area contributed by atoms with Gasteiger partial charge in [-0.15, -0.1) is 0 Å². The molecule has 1 unspecified atom stereocenters. The fourth-order valence-corrected chi connectivity index (χ4v) is 3.97. The molecule has 1 amide bonds. The molecule has 0 N–H and O–H groups in total. The summed E-state index contributed by atoms with van der Waals surface area (Å²) in [5.74, 6) is 1.61. The molecule has 0 saturated carbocycles. The first-order chi connectivity index (χ1) is 14.0. The third-order valence-electron chi connectivity index (χ3n) is 4.99. The monoisotopic (exact) mass is 431 g/mol. The van der Waals surface area contributed by atoms with Crippen LogP contribution in [0.2, 0.25) is 10.0 Å². The highest BCUT2D eigenvalue weighted by molar-refractivity contribution is 6.36. The summed E-state index contributed by atoms with van der Waals surface area (Å²) in [6.07, 6.45) is 1.72. The van der Waals surface area contributed by atoms with Gasteiger partial charge in [-0.3, -0.25) is 4.79 Å². The largest absolute Gasteiger partial charge is 0.497 e. The van der Waals surface area contributed by atoms with E-state index in [9.17, 15) is 4.79 Å². The molecule has 1 atom stereocenters. The summed E-state index contributed by atoms with van der Waals surface area (Å²) in [6.45, 7) is 1.16. The van der Waals surface area contributed by atoms with Crippen LogP contribution >= 0.6 is 23.2 Å². The maximum Gasteiger partial charge on any atom is 0.255 e. The van der Waals surface area contributed by atoms with Crippen LogP contribution in [0.1, 0.15) is 35.0 Å². The van der Waals surface area contributed by atoms with E-state index < -0.39 is 0 Å². The number of benzene rings is 2. The molecule has 0 spiro atoms. The standard InChI is InChI=1S/C21H19Cl2N3O3/c1-28-16-6-2-4-13(10-16)19-24-20(29-25-19)14-5-3-9-26(12-14)21(27)17-8-7-15(22)11-18(17)23/h2,4,6-8,10-11,14H,3,5,9,12H2,1H3. The molecule has 1 aliphatic rings. The third kappa shape index (κ3) is 4.23. The normalized spacial score (nSPS) is 16.7. The number of rotatable bonds is 4. The molecule has 8 heteroatoms. The van der Waals surface area contributed by atoms with Gasteiger partial charge < -0.3 is 14.2 Å². The fraction of sp³-hybridized carbons (Fsp3) is 0.286. The Hall–Kier alpha value is -2.57. The van der Waals surface area contributed by atoms with Crippen molar-refractivity contribution in [2.75, 3.05) is 20.2 Å². The van der Waals surface area contributed by atoms with Crippen molar-refractivity contribution in [2.45, 2.75) is 18.8 Å². The topological polar surface area (TPSA) is 68.5 Å². The number of hydrogen-bond donors (Lipinski definition) is 0. The first kappa shape index (κ1) is 19.7. The van der Waals surface area contributed by atoms with Gasteiger partial charge in [0.15, 0.2) is 0 Å². The second-order valence-electron chi connectivity index (χ2n) is 6.90. The number of carbonyl (C=O) groups excluding carboxylic acids is 1. The Morgan fingerprint density at radius 1 is 1.24 bits per heavy atom. The molecule has 1 saturated heterocycles. The summed E-state index contributed by atoms with van der Waals surface area (Å²) in [4.78, 5) is 19.3. The van der Waals surface area contributed by atoms with E-state index in [4.69, 9.17) is 32.5 Å². The van der Waals surface area contributed by atoms with Gasteiger partial charge in [0.2, 0.25) is 11.7 Å². The Labute approximate surface area is 178 Å². The molecule has 2 aromatic carbocycles. The van der Waals surface area contributed by atoms with Crippen LogP contribution in [-0.4, -0.2) is 41.1 Å². The second kappa shape index (κ2) is 8.43. The molecule has 150 valence electrons. The van der Waals surface area contributed by atoms with Crippen molar-refractivity contribution < 1.29 is 14.1 Å². The van der Waals surface area contributed by atoms with Gasteiger partial charge in [-0.1, -0.05) is 40.5 Å². The minimum absolute atomic E-state index is 0.0226. The van der Waals surface area contributed by atoms with Crippen LogP contribution in [0, 0.1) is 0 Å². The van der Waals surface area contributed by atoms with Crippen LogP contribution in [0.4, 0.5) is 0 Å². The van der Waals surface area contributed by atoms with Gasteiger partial charge in [-0.2, -0.15) is 4.98 Å². The van der Waals surface area contributed by atoms with Gasteiger partial charge in [0.1, 0.15) is 5.75 Å². The van der Waals surface area contributed by atoms with Crippen molar-refractivity contribution in [1.82, 2.24) is 15.0 Å². The first-order valence-electron chi connectivity index (χ1n) is 9.27. The maximum atomic E-state index is 12.9. The van der Waals surface area contributed by atoms with Crippen LogP contribution in [0.3, 0.4) is 0 Å². The van der Waals surface area contributed by atoms with Crippen LogP contribution in [0.15, 0.2) is 47.0 Å². The SMILES string of the molecule is COc1cccc(-c2noc(C3CCCN(C(=O)c4ccc(Cl)cc4Cl)C3)n2)c1. The molecule has 0 aliphatic carbocycles. The minimum atomic E-state index is -0.121. The van der Waals surface area contributed by atoms with Crippen molar-refractivity contribution in [3.05, 3.63) is 64.0 Å². The quantitative estimate of drug-likeness (QED) is 0.576. The highest BCUT2D eigenvalue weighted by Crippen LogP contribution is 2.30. The first-order valence-corrected chi connectivity index (χ1v) is 10.0. The number of nitrogens with zero attached hydrogens (tertiary/aromatic N) is 3. The summed E-state index contributed by atoms with van der Waals surface area (Å²) in [6, 6.07) is 12.4. The molecule has 3 aromatic rings. The Bertz CT molecular complexity index is 1040. The zero-order valence-electron chi connectivity index (χ0n) is 15.8. The average Bonchev–Trinajstić information content (AvgIpc) is 3.24. The lowest BCUT2D eigenvalue weighted by Crippen LogP contribution is -2.39.